The van der Waals surface area contributed by atoms with Crippen molar-refractivity contribution in [2.24, 2.45) is 0 Å². The van der Waals surface area contributed by atoms with Gasteiger partial charge in [0, 0.05) is 6.04 Å². The van der Waals surface area contributed by atoms with Crippen LogP contribution in [0, 0.1) is 5.82 Å². The highest BCUT2D eigenvalue weighted by atomic mass is 19.4. The minimum atomic E-state index is -4.63. The first kappa shape index (κ1) is 15.3. The fraction of sp³-hybridized carbons (Fsp3) is 0.600. The second kappa shape index (κ2) is 6.12. The van der Waals surface area contributed by atoms with E-state index in [1.807, 2.05) is 7.05 Å². The summed E-state index contributed by atoms with van der Waals surface area (Å²) in [5.41, 5.74) is -0.555. The van der Waals surface area contributed by atoms with E-state index in [1.165, 1.54) is 6.07 Å². The molecule has 0 bridgehead atoms. The molecule has 1 aliphatic carbocycles. The molecule has 0 aliphatic heterocycles. The van der Waals surface area contributed by atoms with Gasteiger partial charge in [-0.25, -0.2) is 4.39 Å². The minimum Gasteiger partial charge on any atom is -0.317 e. The summed E-state index contributed by atoms with van der Waals surface area (Å²) in [6.07, 6.45) is 0.158. The van der Waals surface area contributed by atoms with Crippen molar-refractivity contribution in [1.82, 2.24) is 5.32 Å². The quantitative estimate of drug-likeness (QED) is 0.625. The summed E-state index contributed by atoms with van der Waals surface area (Å²) < 4.78 is 51.6. The summed E-state index contributed by atoms with van der Waals surface area (Å²) in [6, 6.07) is 3.74. The summed E-state index contributed by atoms with van der Waals surface area (Å²) in [6.45, 7) is 0. The molecule has 112 valence electrons. The highest BCUT2D eigenvalue weighted by Gasteiger charge is 2.35. The van der Waals surface area contributed by atoms with Crippen molar-refractivity contribution in [3.05, 3.63) is 35.1 Å². The van der Waals surface area contributed by atoms with Gasteiger partial charge >= 0.3 is 6.18 Å². The van der Waals surface area contributed by atoms with E-state index in [0.717, 1.165) is 44.2 Å². The van der Waals surface area contributed by atoms with Gasteiger partial charge in [-0.2, -0.15) is 13.2 Å². The zero-order valence-corrected chi connectivity index (χ0v) is 11.4. The van der Waals surface area contributed by atoms with Crippen LogP contribution < -0.4 is 5.32 Å². The molecule has 0 heterocycles. The van der Waals surface area contributed by atoms with E-state index >= 15 is 0 Å². The Hall–Kier alpha value is -1.10. The molecule has 0 aromatic heterocycles. The van der Waals surface area contributed by atoms with Gasteiger partial charge in [0.2, 0.25) is 0 Å². The number of nitrogens with one attached hydrogen (secondary N) is 1. The molecule has 1 aliphatic rings. The fourth-order valence-electron chi connectivity index (χ4n) is 2.94. The SMILES string of the molecule is CNC1CCCCC(c2ccc(F)c(C(F)(F)F)c2)C1. The topological polar surface area (TPSA) is 12.0 Å². The third kappa shape index (κ3) is 3.51. The van der Waals surface area contributed by atoms with Gasteiger partial charge in [0.15, 0.2) is 0 Å². The van der Waals surface area contributed by atoms with Crippen molar-refractivity contribution in [2.45, 2.75) is 50.2 Å². The van der Waals surface area contributed by atoms with Gasteiger partial charge in [0.1, 0.15) is 5.82 Å². The molecule has 0 amide bonds. The molecule has 0 saturated heterocycles. The maximum Gasteiger partial charge on any atom is 0.419 e. The van der Waals surface area contributed by atoms with Gasteiger partial charge in [-0.3, -0.25) is 0 Å². The first-order valence-electron chi connectivity index (χ1n) is 6.95. The summed E-state index contributed by atoms with van der Waals surface area (Å²) in [5, 5.41) is 3.20. The van der Waals surface area contributed by atoms with Crippen LogP contribution in [-0.2, 0) is 6.18 Å². The van der Waals surface area contributed by atoms with Gasteiger partial charge in [-0.15, -0.1) is 0 Å². The van der Waals surface area contributed by atoms with Crippen molar-refractivity contribution in [3.63, 3.8) is 0 Å². The van der Waals surface area contributed by atoms with E-state index in [4.69, 9.17) is 0 Å². The standard InChI is InChI=1S/C15H19F4N/c1-20-12-5-3-2-4-10(8-12)11-6-7-14(16)13(9-11)15(17,18)19/h6-7,9-10,12,20H,2-5,8H2,1H3. The molecule has 5 heteroatoms. The number of rotatable bonds is 2. The zero-order chi connectivity index (χ0) is 14.8. The van der Waals surface area contributed by atoms with Crippen LogP contribution in [0.3, 0.4) is 0 Å². The molecule has 0 radical (unpaired) electrons. The number of benzene rings is 1. The Morgan fingerprint density at radius 3 is 2.50 bits per heavy atom. The van der Waals surface area contributed by atoms with Crippen molar-refractivity contribution in [1.29, 1.82) is 0 Å². The summed E-state index contributed by atoms with van der Waals surface area (Å²) in [5.74, 6) is -1.13. The Bertz CT molecular complexity index is 456. The Labute approximate surface area is 116 Å². The Morgan fingerprint density at radius 2 is 1.85 bits per heavy atom. The maximum atomic E-state index is 13.3. The van der Waals surface area contributed by atoms with Gasteiger partial charge in [-0.1, -0.05) is 18.9 Å². The Kier molecular flexibility index (Phi) is 4.68. The summed E-state index contributed by atoms with van der Waals surface area (Å²) in [4.78, 5) is 0. The number of hydrogen-bond donors (Lipinski definition) is 1. The second-order valence-corrected chi connectivity index (χ2v) is 5.44. The molecule has 1 N–H and O–H groups in total. The maximum absolute atomic E-state index is 13.3. The van der Waals surface area contributed by atoms with Crippen molar-refractivity contribution >= 4 is 0 Å². The van der Waals surface area contributed by atoms with Crippen molar-refractivity contribution in [2.75, 3.05) is 7.05 Å². The van der Waals surface area contributed by atoms with Crippen LogP contribution in [-0.4, -0.2) is 13.1 Å². The zero-order valence-electron chi connectivity index (χ0n) is 11.4. The number of alkyl halides is 3. The van der Waals surface area contributed by atoms with E-state index < -0.39 is 17.6 Å². The van der Waals surface area contributed by atoms with Crippen LogP contribution in [0.15, 0.2) is 18.2 Å². The molecular weight excluding hydrogens is 270 g/mol. The van der Waals surface area contributed by atoms with Crippen LogP contribution in [0.1, 0.15) is 49.1 Å². The van der Waals surface area contributed by atoms with Gasteiger partial charge < -0.3 is 5.32 Å². The molecule has 20 heavy (non-hydrogen) atoms. The minimum absolute atomic E-state index is 0.0663. The van der Waals surface area contributed by atoms with Crippen LogP contribution >= 0.6 is 0 Å². The third-order valence-electron chi connectivity index (χ3n) is 4.10. The normalized spacial score (nSPS) is 24.4. The Morgan fingerprint density at radius 1 is 1.15 bits per heavy atom. The van der Waals surface area contributed by atoms with Crippen LogP contribution in [0.5, 0.6) is 0 Å². The average molecular weight is 289 g/mol. The first-order valence-corrected chi connectivity index (χ1v) is 6.95. The molecule has 2 rings (SSSR count). The molecule has 0 spiro atoms. The molecule has 2 unspecified atom stereocenters. The molecule has 1 aromatic carbocycles. The van der Waals surface area contributed by atoms with E-state index in [-0.39, 0.29) is 5.92 Å². The van der Waals surface area contributed by atoms with E-state index in [0.29, 0.717) is 11.6 Å². The monoisotopic (exact) mass is 289 g/mol. The lowest BCUT2D eigenvalue weighted by Crippen LogP contribution is -2.26. The van der Waals surface area contributed by atoms with Gasteiger partial charge in [0.05, 0.1) is 5.56 Å². The molecule has 1 nitrogen and oxygen atoms in total. The molecule has 2 atom stereocenters. The lowest BCUT2D eigenvalue weighted by atomic mass is 9.89. The smallest absolute Gasteiger partial charge is 0.317 e. The number of hydrogen-bond acceptors (Lipinski definition) is 1. The summed E-state index contributed by atoms with van der Waals surface area (Å²) in [7, 11) is 1.87. The number of halogens is 4. The highest BCUT2D eigenvalue weighted by Crippen LogP contribution is 2.37. The lowest BCUT2D eigenvalue weighted by Gasteiger charge is -2.21. The first-order chi connectivity index (χ1) is 9.41. The fourth-order valence-corrected chi connectivity index (χ4v) is 2.94. The van der Waals surface area contributed by atoms with Gasteiger partial charge in [0.25, 0.3) is 0 Å². The largest absolute Gasteiger partial charge is 0.419 e. The van der Waals surface area contributed by atoms with Gasteiger partial charge in [-0.05, 0) is 49.9 Å². The molecule has 1 aromatic rings. The van der Waals surface area contributed by atoms with E-state index in [2.05, 4.69) is 5.32 Å². The lowest BCUT2D eigenvalue weighted by molar-refractivity contribution is -0.140. The average Bonchev–Trinajstić information content (AvgIpc) is 2.63. The van der Waals surface area contributed by atoms with E-state index in [9.17, 15) is 17.6 Å². The van der Waals surface area contributed by atoms with Crippen LogP contribution in [0.25, 0.3) is 0 Å². The molecule has 1 fully saturated rings. The second-order valence-electron chi connectivity index (χ2n) is 5.44. The predicted molar refractivity (Wildman–Crippen MR) is 70.1 cm³/mol. The van der Waals surface area contributed by atoms with Crippen LogP contribution in [0.2, 0.25) is 0 Å². The van der Waals surface area contributed by atoms with Crippen molar-refractivity contribution in [3.8, 4) is 0 Å². The van der Waals surface area contributed by atoms with Crippen molar-refractivity contribution < 1.29 is 17.6 Å². The highest BCUT2D eigenvalue weighted by molar-refractivity contribution is 5.30. The summed E-state index contributed by atoms with van der Waals surface area (Å²) >= 11 is 0. The third-order valence-corrected chi connectivity index (χ3v) is 4.10. The van der Waals surface area contributed by atoms with Crippen LogP contribution in [0.4, 0.5) is 17.6 Å². The molecule has 1 saturated carbocycles. The Balaban J connectivity index is 2.27. The van der Waals surface area contributed by atoms with E-state index in [1.54, 1.807) is 0 Å². The predicted octanol–water partition coefficient (Wildman–Crippen LogP) is 4.48. The molecular formula is C15H19F4N.